The molecule has 0 amide bonds. The topological polar surface area (TPSA) is 71.5 Å². The van der Waals surface area contributed by atoms with E-state index in [9.17, 15) is 4.79 Å². The maximum atomic E-state index is 10.9. The zero-order valence-corrected chi connectivity index (χ0v) is 10.5. The third kappa shape index (κ3) is 4.20. The van der Waals surface area contributed by atoms with Gasteiger partial charge in [0.15, 0.2) is 0 Å². The van der Waals surface area contributed by atoms with Gasteiger partial charge in [-0.3, -0.25) is 0 Å². The predicted octanol–water partition coefficient (Wildman–Crippen LogP) is 2.13. The number of nitrogens with one attached hydrogen (secondary N) is 1. The number of hydrogen-bond acceptors (Lipinski definition) is 4. The highest BCUT2D eigenvalue weighted by molar-refractivity contribution is 6.33. The van der Waals surface area contributed by atoms with Crippen molar-refractivity contribution in [3.8, 4) is 0 Å². The van der Waals surface area contributed by atoms with Gasteiger partial charge in [0.05, 0.1) is 17.2 Å². The molecule has 1 heterocycles. The average molecular weight is 259 g/mol. The van der Waals surface area contributed by atoms with Crippen LogP contribution >= 0.6 is 11.6 Å². The Labute approximate surface area is 105 Å². The van der Waals surface area contributed by atoms with Crippen molar-refractivity contribution >= 4 is 23.4 Å². The molecular weight excluding hydrogens is 244 g/mol. The van der Waals surface area contributed by atoms with Crippen LogP contribution in [0, 0.1) is 5.92 Å². The van der Waals surface area contributed by atoms with Crippen LogP contribution in [-0.2, 0) is 4.74 Å². The highest BCUT2D eigenvalue weighted by Crippen LogP contribution is 2.18. The Bertz CT molecular complexity index is 398. The van der Waals surface area contributed by atoms with Gasteiger partial charge in [0.25, 0.3) is 0 Å². The molecule has 94 valence electrons. The second-order valence-electron chi connectivity index (χ2n) is 3.80. The fourth-order valence-electron chi connectivity index (χ4n) is 1.32. The lowest BCUT2D eigenvalue weighted by atomic mass is 10.2. The highest BCUT2D eigenvalue weighted by atomic mass is 35.5. The lowest BCUT2D eigenvalue weighted by Gasteiger charge is -2.12. The quantitative estimate of drug-likeness (QED) is 0.818. The Balaban J connectivity index is 2.66. The number of methoxy groups -OCH3 is 1. The first-order chi connectivity index (χ1) is 8.04. The number of pyridine rings is 1. The van der Waals surface area contributed by atoms with Crippen molar-refractivity contribution in [3.63, 3.8) is 0 Å². The summed E-state index contributed by atoms with van der Waals surface area (Å²) in [5, 5.41) is 12.1. The average Bonchev–Trinajstić information content (AvgIpc) is 2.28. The molecule has 1 unspecified atom stereocenters. The highest BCUT2D eigenvalue weighted by Gasteiger charge is 2.10. The van der Waals surface area contributed by atoms with Crippen LogP contribution in [0.2, 0.25) is 5.02 Å². The fourth-order valence-corrected chi connectivity index (χ4v) is 1.51. The monoisotopic (exact) mass is 258 g/mol. The van der Waals surface area contributed by atoms with Crippen LogP contribution in [0.3, 0.4) is 0 Å². The summed E-state index contributed by atoms with van der Waals surface area (Å²) < 4.78 is 5.00. The minimum absolute atomic E-state index is 0.0450. The number of rotatable bonds is 6. The molecule has 5 nitrogen and oxygen atoms in total. The summed E-state index contributed by atoms with van der Waals surface area (Å²) in [6, 6.07) is 1.42. The number of halogens is 1. The van der Waals surface area contributed by atoms with E-state index in [1.807, 2.05) is 6.92 Å². The number of nitrogens with zero attached hydrogens (tertiary/aromatic N) is 1. The first kappa shape index (κ1) is 13.7. The van der Waals surface area contributed by atoms with Gasteiger partial charge in [-0.15, -0.1) is 0 Å². The number of ether oxygens (including phenoxy) is 1. The molecule has 0 aromatic carbocycles. The summed E-state index contributed by atoms with van der Waals surface area (Å²) in [7, 11) is 1.64. The Morgan fingerprint density at radius 2 is 2.41 bits per heavy atom. The molecule has 0 fully saturated rings. The first-order valence-electron chi connectivity index (χ1n) is 5.16. The summed E-state index contributed by atoms with van der Waals surface area (Å²) >= 11 is 5.71. The minimum atomic E-state index is -1.06. The van der Waals surface area contributed by atoms with Gasteiger partial charge in [-0.05, 0) is 12.0 Å². The van der Waals surface area contributed by atoms with Crippen LogP contribution in [-0.4, -0.2) is 36.3 Å². The van der Waals surface area contributed by atoms with Crippen LogP contribution in [0.25, 0.3) is 0 Å². The molecule has 1 aromatic heterocycles. The van der Waals surface area contributed by atoms with E-state index in [2.05, 4.69) is 10.3 Å². The van der Waals surface area contributed by atoms with E-state index in [1.165, 1.54) is 12.3 Å². The lowest BCUT2D eigenvalue weighted by molar-refractivity contribution is 0.0697. The van der Waals surface area contributed by atoms with Gasteiger partial charge in [0.2, 0.25) is 0 Å². The lowest BCUT2D eigenvalue weighted by Crippen LogP contribution is -2.16. The van der Waals surface area contributed by atoms with Crippen molar-refractivity contribution in [2.75, 3.05) is 25.6 Å². The molecule has 0 saturated heterocycles. The molecule has 2 N–H and O–H groups in total. The standard InChI is InChI=1S/C11H15ClN2O3/c1-7(6-17-2)4-13-10-3-8(11(15)16)9(12)5-14-10/h3,5,7H,4,6H2,1-2H3,(H,13,14)(H,15,16). The van der Waals surface area contributed by atoms with Crippen molar-refractivity contribution in [1.29, 1.82) is 0 Å². The molecule has 0 radical (unpaired) electrons. The normalized spacial score (nSPS) is 12.2. The summed E-state index contributed by atoms with van der Waals surface area (Å²) in [6.45, 7) is 3.30. The Morgan fingerprint density at radius 1 is 1.71 bits per heavy atom. The van der Waals surface area contributed by atoms with E-state index in [0.717, 1.165) is 0 Å². The molecule has 1 aromatic rings. The van der Waals surface area contributed by atoms with Crippen LogP contribution in [0.1, 0.15) is 17.3 Å². The number of carboxylic acid groups (broad SMARTS) is 1. The number of carbonyl (C=O) groups is 1. The number of aromatic carboxylic acids is 1. The molecule has 17 heavy (non-hydrogen) atoms. The fraction of sp³-hybridized carbons (Fsp3) is 0.455. The first-order valence-corrected chi connectivity index (χ1v) is 5.54. The minimum Gasteiger partial charge on any atom is -0.478 e. The zero-order chi connectivity index (χ0) is 12.8. The zero-order valence-electron chi connectivity index (χ0n) is 9.74. The molecule has 0 aliphatic heterocycles. The Kier molecular flexibility index (Phi) is 5.18. The van der Waals surface area contributed by atoms with E-state index in [0.29, 0.717) is 24.9 Å². The molecule has 0 spiro atoms. The van der Waals surface area contributed by atoms with E-state index in [1.54, 1.807) is 7.11 Å². The molecule has 1 rings (SSSR count). The van der Waals surface area contributed by atoms with Crippen molar-refractivity contribution < 1.29 is 14.6 Å². The number of hydrogen-bond donors (Lipinski definition) is 2. The second kappa shape index (κ2) is 6.42. The van der Waals surface area contributed by atoms with Crippen LogP contribution in [0.15, 0.2) is 12.3 Å². The smallest absolute Gasteiger partial charge is 0.337 e. The largest absolute Gasteiger partial charge is 0.478 e. The van der Waals surface area contributed by atoms with E-state index in [4.69, 9.17) is 21.4 Å². The summed E-state index contributed by atoms with van der Waals surface area (Å²) in [4.78, 5) is 14.9. The van der Waals surface area contributed by atoms with Crippen molar-refractivity contribution in [2.45, 2.75) is 6.92 Å². The van der Waals surface area contributed by atoms with Crippen LogP contribution in [0.5, 0.6) is 0 Å². The number of aromatic nitrogens is 1. The maximum absolute atomic E-state index is 10.9. The van der Waals surface area contributed by atoms with Crippen molar-refractivity contribution in [3.05, 3.63) is 22.8 Å². The van der Waals surface area contributed by atoms with Crippen LogP contribution < -0.4 is 5.32 Å². The molecule has 0 aliphatic rings. The van der Waals surface area contributed by atoms with Crippen molar-refractivity contribution in [2.24, 2.45) is 5.92 Å². The summed E-state index contributed by atoms with van der Waals surface area (Å²) in [6.07, 6.45) is 1.33. The molecule has 6 heteroatoms. The van der Waals surface area contributed by atoms with Gasteiger partial charge in [-0.1, -0.05) is 18.5 Å². The Morgan fingerprint density at radius 3 is 3.00 bits per heavy atom. The summed E-state index contributed by atoms with van der Waals surface area (Å²) in [5.41, 5.74) is 0.0450. The third-order valence-corrected chi connectivity index (χ3v) is 2.47. The molecule has 0 saturated carbocycles. The van der Waals surface area contributed by atoms with E-state index in [-0.39, 0.29) is 10.6 Å². The number of carboxylic acids is 1. The van der Waals surface area contributed by atoms with Crippen LogP contribution in [0.4, 0.5) is 5.82 Å². The predicted molar refractivity (Wildman–Crippen MR) is 65.7 cm³/mol. The van der Waals surface area contributed by atoms with Gasteiger partial charge < -0.3 is 15.2 Å². The molecule has 0 aliphatic carbocycles. The van der Waals surface area contributed by atoms with Gasteiger partial charge in [-0.25, -0.2) is 9.78 Å². The third-order valence-electron chi connectivity index (χ3n) is 2.17. The Hall–Kier alpha value is -1.33. The molecular formula is C11H15ClN2O3. The van der Waals surface area contributed by atoms with Gasteiger partial charge in [0.1, 0.15) is 5.82 Å². The van der Waals surface area contributed by atoms with Gasteiger partial charge in [0, 0.05) is 19.9 Å². The maximum Gasteiger partial charge on any atom is 0.337 e. The molecule has 0 bridgehead atoms. The number of anilines is 1. The SMILES string of the molecule is COCC(C)CNc1cc(C(=O)O)c(Cl)cn1. The van der Waals surface area contributed by atoms with Gasteiger partial charge >= 0.3 is 5.97 Å². The van der Waals surface area contributed by atoms with Crippen molar-refractivity contribution in [1.82, 2.24) is 4.98 Å². The molecule has 1 atom stereocenters. The van der Waals surface area contributed by atoms with Gasteiger partial charge in [-0.2, -0.15) is 0 Å². The second-order valence-corrected chi connectivity index (χ2v) is 4.20. The van der Waals surface area contributed by atoms with E-state index < -0.39 is 5.97 Å². The summed E-state index contributed by atoms with van der Waals surface area (Å²) in [5.74, 6) is -0.258. The van der Waals surface area contributed by atoms with E-state index >= 15 is 0 Å².